The molecule has 0 aliphatic carbocycles. The van der Waals surface area contributed by atoms with E-state index in [-0.39, 0.29) is 6.09 Å². The number of ether oxygens (including phenoxy) is 1. The van der Waals surface area contributed by atoms with Gasteiger partial charge in [0.15, 0.2) is 4.47 Å². The zero-order valence-corrected chi connectivity index (χ0v) is 15.7. The molecule has 1 aliphatic heterocycles. The van der Waals surface area contributed by atoms with Gasteiger partial charge in [0, 0.05) is 29.9 Å². The molecule has 22 heavy (non-hydrogen) atoms. The van der Waals surface area contributed by atoms with Crippen molar-refractivity contribution in [1.29, 1.82) is 0 Å². The number of halogens is 1. The first kappa shape index (κ1) is 17.9. The number of hydrogen-bond donors (Lipinski definition) is 0. The van der Waals surface area contributed by atoms with Crippen LogP contribution in [0.25, 0.3) is 0 Å². The topological polar surface area (TPSA) is 42.4 Å². The Balaban J connectivity index is 1.74. The van der Waals surface area contributed by atoms with E-state index in [0.717, 1.165) is 31.0 Å². The fourth-order valence-electron chi connectivity index (χ4n) is 2.37. The van der Waals surface area contributed by atoms with Crippen LogP contribution in [0.15, 0.2) is 6.20 Å². The molecule has 4 nitrogen and oxygen atoms in total. The smallest absolute Gasteiger partial charge is 0.410 e. The largest absolute Gasteiger partial charge is 0.444 e. The Hall–Kier alpha value is -0.460. The van der Waals surface area contributed by atoms with Crippen LogP contribution in [0, 0.1) is 5.92 Å². The average molecular weight is 363 g/mol. The van der Waals surface area contributed by atoms with Gasteiger partial charge in [0.25, 0.3) is 0 Å². The van der Waals surface area contributed by atoms with Crippen LogP contribution < -0.4 is 0 Å². The lowest BCUT2D eigenvalue weighted by molar-refractivity contribution is 0.0177. The van der Waals surface area contributed by atoms with Gasteiger partial charge >= 0.3 is 6.09 Å². The lowest BCUT2D eigenvalue weighted by atomic mass is 10.0. The maximum Gasteiger partial charge on any atom is 0.410 e. The molecular formula is C15H23ClN2O2S2. The molecule has 1 aromatic rings. The van der Waals surface area contributed by atoms with Crippen LogP contribution >= 0.6 is 34.7 Å². The second-order valence-electron chi connectivity index (χ2n) is 6.53. The van der Waals surface area contributed by atoms with E-state index in [1.807, 2.05) is 43.6 Å². The lowest BCUT2D eigenvalue weighted by Crippen LogP contribution is -2.43. The number of likely N-dealkylation sites (tertiary alicyclic amines) is 1. The predicted molar refractivity (Wildman–Crippen MR) is 93.8 cm³/mol. The maximum atomic E-state index is 12.1. The van der Waals surface area contributed by atoms with Crippen LogP contribution in [0.2, 0.25) is 4.47 Å². The van der Waals surface area contributed by atoms with Crippen molar-refractivity contribution in [3.63, 3.8) is 0 Å². The van der Waals surface area contributed by atoms with Gasteiger partial charge < -0.3 is 9.64 Å². The Labute approximate surface area is 145 Å². The van der Waals surface area contributed by atoms with E-state index < -0.39 is 5.60 Å². The molecule has 7 heteroatoms. The van der Waals surface area contributed by atoms with Crippen LogP contribution in [0.3, 0.4) is 0 Å². The highest BCUT2D eigenvalue weighted by atomic mass is 35.5. The van der Waals surface area contributed by atoms with Gasteiger partial charge in [0.2, 0.25) is 0 Å². The third-order valence-corrected chi connectivity index (χ3v) is 5.81. The number of piperidine rings is 1. The summed E-state index contributed by atoms with van der Waals surface area (Å²) in [6, 6.07) is 0. The van der Waals surface area contributed by atoms with E-state index in [1.165, 1.54) is 22.6 Å². The number of nitrogens with zero attached hydrogens (tertiary/aromatic N) is 2. The van der Waals surface area contributed by atoms with Gasteiger partial charge in [-0.25, -0.2) is 9.78 Å². The fourth-order valence-corrected chi connectivity index (χ4v) is 4.63. The third-order valence-electron chi connectivity index (χ3n) is 3.29. The van der Waals surface area contributed by atoms with Gasteiger partial charge in [-0.1, -0.05) is 11.6 Å². The summed E-state index contributed by atoms with van der Waals surface area (Å²) in [6.07, 6.45) is 3.89. The molecule has 124 valence electrons. The zero-order valence-electron chi connectivity index (χ0n) is 13.3. The van der Waals surface area contributed by atoms with E-state index in [9.17, 15) is 4.79 Å². The summed E-state index contributed by atoms with van der Waals surface area (Å²) in [5.74, 6) is 2.52. The van der Waals surface area contributed by atoms with Crippen molar-refractivity contribution in [1.82, 2.24) is 9.88 Å². The molecule has 0 N–H and O–H groups in total. The Morgan fingerprint density at radius 3 is 3.00 bits per heavy atom. The molecule has 1 atom stereocenters. The number of aromatic nitrogens is 1. The van der Waals surface area contributed by atoms with Gasteiger partial charge in [-0.3, -0.25) is 0 Å². The summed E-state index contributed by atoms with van der Waals surface area (Å²) >= 11 is 9.26. The molecule has 2 heterocycles. The van der Waals surface area contributed by atoms with Crippen LogP contribution in [-0.2, 0) is 10.5 Å². The van der Waals surface area contributed by atoms with Crippen LogP contribution in [0.5, 0.6) is 0 Å². The molecule has 1 aromatic heterocycles. The van der Waals surface area contributed by atoms with Gasteiger partial charge in [0.05, 0.1) is 0 Å². The molecule has 1 aliphatic rings. The number of thioether (sulfide) groups is 1. The summed E-state index contributed by atoms with van der Waals surface area (Å²) in [6.45, 7) is 7.32. The standard InChI is InChI=1S/C15H23ClN2O2S2/c1-15(2,3)20-14(19)18-6-4-5-11(8-18)9-21-10-12-7-17-13(16)22-12/h7,11H,4-6,8-10H2,1-3H3. The molecule has 0 radical (unpaired) electrons. The molecule has 0 aromatic carbocycles. The molecule has 0 spiro atoms. The Morgan fingerprint density at radius 2 is 2.36 bits per heavy atom. The fraction of sp³-hybridized carbons (Fsp3) is 0.733. The first-order valence-electron chi connectivity index (χ1n) is 7.49. The van der Waals surface area contributed by atoms with Crippen LogP contribution in [-0.4, -0.2) is 40.4 Å². The molecule has 0 saturated carbocycles. The summed E-state index contributed by atoms with van der Waals surface area (Å²) in [4.78, 5) is 19.2. The molecule has 2 rings (SSSR count). The molecular weight excluding hydrogens is 340 g/mol. The van der Waals surface area contributed by atoms with Crippen molar-refractivity contribution in [3.05, 3.63) is 15.5 Å². The van der Waals surface area contributed by atoms with Gasteiger partial charge in [-0.2, -0.15) is 11.8 Å². The highest BCUT2D eigenvalue weighted by Gasteiger charge is 2.27. The number of carbonyl (C=O) groups is 1. The van der Waals surface area contributed by atoms with E-state index in [4.69, 9.17) is 16.3 Å². The van der Waals surface area contributed by atoms with E-state index in [0.29, 0.717) is 10.4 Å². The lowest BCUT2D eigenvalue weighted by Gasteiger charge is -2.34. The first-order chi connectivity index (χ1) is 10.3. The number of carbonyl (C=O) groups excluding carboxylic acids is 1. The Kier molecular flexibility index (Phi) is 6.41. The quantitative estimate of drug-likeness (QED) is 0.780. The molecule has 1 saturated heterocycles. The normalized spacial score (nSPS) is 19.3. The molecule has 0 bridgehead atoms. The van der Waals surface area contributed by atoms with E-state index in [1.54, 1.807) is 0 Å². The summed E-state index contributed by atoms with van der Waals surface area (Å²) in [5.41, 5.74) is -0.426. The predicted octanol–water partition coefficient (Wildman–Crippen LogP) is 4.68. The maximum absolute atomic E-state index is 12.1. The molecule has 1 fully saturated rings. The number of rotatable bonds is 4. The average Bonchev–Trinajstić information content (AvgIpc) is 2.83. The molecule has 1 unspecified atom stereocenters. The van der Waals surface area contributed by atoms with Crippen molar-refractivity contribution in [3.8, 4) is 0 Å². The van der Waals surface area contributed by atoms with Crippen molar-refractivity contribution < 1.29 is 9.53 Å². The second-order valence-corrected chi connectivity index (χ2v) is 9.26. The number of amides is 1. The van der Waals surface area contributed by atoms with Crippen LogP contribution in [0.1, 0.15) is 38.5 Å². The summed E-state index contributed by atoms with van der Waals surface area (Å²) in [5, 5.41) is 0. The third kappa shape index (κ3) is 5.97. The monoisotopic (exact) mass is 362 g/mol. The van der Waals surface area contributed by atoms with Crippen molar-refractivity contribution in [2.75, 3.05) is 18.8 Å². The first-order valence-corrected chi connectivity index (χ1v) is 9.84. The Bertz CT molecular complexity index is 502. The van der Waals surface area contributed by atoms with Gasteiger partial charge in [0.1, 0.15) is 5.60 Å². The highest BCUT2D eigenvalue weighted by Crippen LogP contribution is 2.27. The number of hydrogen-bond acceptors (Lipinski definition) is 5. The highest BCUT2D eigenvalue weighted by molar-refractivity contribution is 7.98. The van der Waals surface area contributed by atoms with Crippen molar-refractivity contribution in [2.24, 2.45) is 5.92 Å². The number of thiazole rings is 1. The zero-order chi connectivity index (χ0) is 16.2. The summed E-state index contributed by atoms with van der Waals surface area (Å²) in [7, 11) is 0. The van der Waals surface area contributed by atoms with Crippen LogP contribution in [0.4, 0.5) is 4.79 Å². The SMILES string of the molecule is CC(C)(C)OC(=O)N1CCCC(CSCc2cnc(Cl)s2)C1. The minimum atomic E-state index is -0.426. The van der Waals surface area contributed by atoms with E-state index >= 15 is 0 Å². The van der Waals surface area contributed by atoms with Gasteiger partial charge in [-0.15, -0.1) is 11.3 Å². The van der Waals surface area contributed by atoms with Crippen molar-refractivity contribution in [2.45, 2.75) is 45.0 Å². The minimum absolute atomic E-state index is 0.184. The van der Waals surface area contributed by atoms with E-state index in [2.05, 4.69) is 4.98 Å². The minimum Gasteiger partial charge on any atom is -0.444 e. The summed E-state index contributed by atoms with van der Waals surface area (Å²) < 4.78 is 6.06. The molecule has 1 amide bonds. The second kappa shape index (κ2) is 7.88. The Morgan fingerprint density at radius 1 is 1.59 bits per heavy atom. The van der Waals surface area contributed by atoms with Gasteiger partial charge in [-0.05, 0) is 45.3 Å². The van der Waals surface area contributed by atoms with Crippen molar-refractivity contribution >= 4 is 40.8 Å².